The Morgan fingerprint density at radius 1 is 0.912 bits per heavy atom. The molecule has 180 valence electrons. The predicted octanol–water partition coefficient (Wildman–Crippen LogP) is 5.62. The highest BCUT2D eigenvalue weighted by atomic mass is 32.2. The SMILES string of the molecule is CC(C)(CNC(=O)c1ccc(Oc2ccc(F)cc2)cc1)S(=O)(=O)c1cccc(C(F)(F)F)c1. The van der Waals surface area contributed by atoms with Crippen LogP contribution in [0.3, 0.4) is 0 Å². The van der Waals surface area contributed by atoms with Gasteiger partial charge in [-0.25, -0.2) is 12.8 Å². The third kappa shape index (κ3) is 5.74. The smallest absolute Gasteiger partial charge is 0.416 e. The Hall–Kier alpha value is -3.40. The lowest BCUT2D eigenvalue weighted by Gasteiger charge is -2.25. The molecule has 0 aliphatic heterocycles. The van der Waals surface area contributed by atoms with Crippen molar-refractivity contribution in [1.82, 2.24) is 5.32 Å². The van der Waals surface area contributed by atoms with Crippen LogP contribution in [0, 0.1) is 5.82 Å². The standard InChI is InChI=1S/C24H21F4NO4S/c1-23(2,34(31,32)21-5-3-4-17(14-21)24(26,27)28)15-29-22(30)16-6-10-19(11-7-16)33-20-12-8-18(25)9-13-20/h3-14H,15H2,1-2H3,(H,29,30). The van der Waals surface area contributed by atoms with Crippen LogP contribution in [0.15, 0.2) is 77.7 Å². The van der Waals surface area contributed by atoms with Crippen molar-refractivity contribution in [2.75, 3.05) is 6.54 Å². The van der Waals surface area contributed by atoms with E-state index in [0.29, 0.717) is 17.6 Å². The molecule has 0 bridgehead atoms. The number of amides is 1. The summed E-state index contributed by atoms with van der Waals surface area (Å²) in [6.07, 6.45) is -4.68. The number of rotatable bonds is 7. The molecule has 10 heteroatoms. The highest BCUT2D eigenvalue weighted by Gasteiger charge is 2.38. The second kappa shape index (κ2) is 9.46. The molecule has 3 aromatic rings. The van der Waals surface area contributed by atoms with Gasteiger partial charge < -0.3 is 10.1 Å². The summed E-state index contributed by atoms with van der Waals surface area (Å²) in [5, 5.41) is 2.51. The lowest BCUT2D eigenvalue weighted by atomic mass is 10.1. The Morgan fingerprint density at radius 3 is 2.03 bits per heavy atom. The van der Waals surface area contributed by atoms with Crippen molar-refractivity contribution in [1.29, 1.82) is 0 Å². The Balaban J connectivity index is 1.67. The second-order valence-electron chi connectivity index (χ2n) is 8.05. The van der Waals surface area contributed by atoms with Crippen molar-refractivity contribution in [3.8, 4) is 11.5 Å². The molecule has 0 saturated heterocycles. The van der Waals surface area contributed by atoms with Crippen molar-refractivity contribution in [2.45, 2.75) is 29.7 Å². The number of hydrogen-bond donors (Lipinski definition) is 1. The van der Waals surface area contributed by atoms with Crippen molar-refractivity contribution < 1.29 is 35.5 Å². The number of hydrogen-bond acceptors (Lipinski definition) is 4. The Morgan fingerprint density at radius 2 is 1.47 bits per heavy atom. The minimum absolute atomic E-state index is 0.221. The normalized spacial score (nSPS) is 12.3. The molecule has 0 spiro atoms. The van der Waals surface area contributed by atoms with Crippen LogP contribution < -0.4 is 10.1 Å². The van der Waals surface area contributed by atoms with E-state index in [1.54, 1.807) is 0 Å². The van der Waals surface area contributed by atoms with Crippen LogP contribution in [-0.2, 0) is 16.0 Å². The minimum atomic E-state index is -4.68. The molecule has 0 unspecified atom stereocenters. The summed E-state index contributed by atoms with van der Waals surface area (Å²) < 4.78 is 81.8. The maximum atomic E-state index is 13.0. The number of alkyl halides is 3. The van der Waals surface area contributed by atoms with E-state index < -0.39 is 42.9 Å². The highest BCUT2D eigenvalue weighted by Crippen LogP contribution is 2.33. The quantitative estimate of drug-likeness (QED) is 0.432. The van der Waals surface area contributed by atoms with Gasteiger partial charge in [0.15, 0.2) is 9.84 Å². The van der Waals surface area contributed by atoms with Gasteiger partial charge in [-0.15, -0.1) is 0 Å². The maximum Gasteiger partial charge on any atom is 0.416 e. The first kappa shape index (κ1) is 25.2. The first-order valence-electron chi connectivity index (χ1n) is 10.0. The average Bonchev–Trinajstić information content (AvgIpc) is 2.79. The number of carbonyl (C=O) groups is 1. The molecule has 0 aromatic heterocycles. The fraction of sp³-hybridized carbons (Fsp3) is 0.208. The first-order chi connectivity index (χ1) is 15.8. The third-order valence-corrected chi connectivity index (χ3v) is 7.51. The second-order valence-corrected chi connectivity index (χ2v) is 10.6. The molecule has 5 nitrogen and oxygen atoms in total. The van der Waals surface area contributed by atoms with E-state index in [4.69, 9.17) is 4.74 Å². The number of carbonyl (C=O) groups excluding carboxylic acids is 1. The van der Waals surface area contributed by atoms with E-state index in [9.17, 15) is 30.8 Å². The monoisotopic (exact) mass is 495 g/mol. The zero-order chi connectivity index (χ0) is 25.1. The lowest BCUT2D eigenvalue weighted by Crippen LogP contribution is -2.44. The topological polar surface area (TPSA) is 72.5 Å². The van der Waals surface area contributed by atoms with Gasteiger partial charge in [-0.3, -0.25) is 4.79 Å². The molecule has 34 heavy (non-hydrogen) atoms. The van der Waals surface area contributed by atoms with Crippen molar-refractivity contribution >= 4 is 15.7 Å². The van der Waals surface area contributed by atoms with Gasteiger partial charge in [0.2, 0.25) is 0 Å². The van der Waals surface area contributed by atoms with E-state index >= 15 is 0 Å². The van der Waals surface area contributed by atoms with E-state index in [0.717, 1.165) is 18.2 Å². The number of sulfone groups is 1. The molecular formula is C24H21F4NO4S. The zero-order valence-corrected chi connectivity index (χ0v) is 19.0. The molecule has 3 aromatic carbocycles. The van der Waals surface area contributed by atoms with E-state index in [-0.39, 0.29) is 12.1 Å². The minimum Gasteiger partial charge on any atom is -0.457 e. The molecule has 0 fully saturated rings. The van der Waals surface area contributed by atoms with Gasteiger partial charge in [0.1, 0.15) is 17.3 Å². The van der Waals surface area contributed by atoms with Crippen LogP contribution in [0.4, 0.5) is 17.6 Å². The van der Waals surface area contributed by atoms with E-state index in [1.807, 2.05) is 0 Å². The molecule has 0 saturated carbocycles. The molecular weight excluding hydrogens is 474 g/mol. The molecule has 0 heterocycles. The van der Waals surface area contributed by atoms with Gasteiger partial charge in [-0.05, 0) is 80.6 Å². The molecule has 3 rings (SSSR count). The summed E-state index contributed by atoms with van der Waals surface area (Å²) in [6, 6.07) is 14.8. The molecule has 1 N–H and O–H groups in total. The van der Waals surface area contributed by atoms with Gasteiger partial charge in [-0.1, -0.05) is 6.07 Å². The molecule has 0 radical (unpaired) electrons. The summed E-state index contributed by atoms with van der Waals surface area (Å²) in [6.45, 7) is 2.31. The predicted molar refractivity (Wildman–Crippen MR) is 118 cm³/mol. The van der Waals surface area contributed by atoms with Gasteiger partial charge >= 0.3 is 6.18 Å². The van der Waals surface area contributed by atoms with Crippen LogP contribution in [0.1, 0.15) is 29.8 Å². The highest BCUT2D eigenvalue weighted by molar-refractivity contribution is 7.92. The van der Waals surface area contributed by atoms with Crippen LogP contribution in [0.5, 0.6) is 11.5 Å². The summed E-state index contributed by atoms with van der Waals surface area (Å²) in [5.41, 5.74) is -0.852. The third-order valence-electron chi connectivity index (χ3n) is 5.04. The lowest BCUT2D eigenvalue weighted by molar-refractivity contribution is -0.137. The molecule has 0 aliphatic rings. The largest absolute Gasteiger partial charge is 0.457 e. The summed E-state index contributed by atoms with van der Waals surface area (Å²) in [7, 11) is -4.20. The van der Waals surface area contributed by atoms with E-state index in [2.05, 4.69) is 5.32 Å². The van der Waals surface area contributed by atoms with Gasteiger partial charge in [0.25, 0.3) is 5.91 Å². The van der Waals surface area contributed by atoms with Crippen LogP contribution >= 0.6 is 0 Å². The van der Waals surface area contributed by atoms with Crippen LogP contribution in [-0.4, -0.2) is 25.6 Å². The first-order valence-corrected chi connectivity index (χ1v) is 11.5. The number of nitrogens with one attached hydrogen (secondary N) is 1. The maximum absolute atomic E-state index is 13.0. The Labute approximate surface area is 194 Å². The van der Waals surface area contributed by atoms with Gasteiger partial charge in [0, 0.05) is 12.1 Å². The summed E-state index contributed by atoms with van der Waals surface area (Å²) >= 11 is 0. The molecule has 1 amide bonds. The van der Waals surface area contributed by atoms with E-state index in [1.165, 1.54) is 62.4 Å². The molecule has 0 atom stereocenters. The van der Waals surface area contributed by atoms with Crippen molar-refractivity contribution in [3.05, 3.63) is 89.7 Å². The van der Waals surface area contributed by atoms with Gasteiger partial charge in [0.05, 0.1) is 15.2 Å². The summed E-state index contributed by atoms with van der Waals surface area (Å²) in [4.78, 5) is 12.0. The van der Waals surface area contributed by atoms with Crippen molar-refractivity contribution in [3.63, 3.8) is 0 Å². The Kier molecular flexibility index (Phi) is 7.02. The summed E-state index contributed by atoms with van der Waals surface area (Å²) in [5.74, 6) is -0.172. The Bertz CT molecular complexity index is 1270. The number of halogens is 4. The molecule has 0 aliphatic carbocycles. The zero-order valence-electron chi connectivity index (χ0n) is 18.2. The number of benzene rings is 3. The van der Waals surface area contributed by atoms with Crippen molar-refractivity contribution in [2.24, 2.45) is 0 Å². The average molecular weight is 495 g/mol. The van der Waals surface area contributed by atoms with Gasteiger partial charge in [-0.2, -0.15) is 13.2 Å². The fourth-order valence-electron chi connectivity index (χ4n) is 2.96. The van der Waals surface area contributed by atoms with Crippen LogP contribution in [0.25, 0.3) is 0 Å². The fourth-order valence-corrected chi connectivity index (χ4v) is 4.40. The van der Waals surface area contributed by atoms with Crippen LogP contribution in [0.2, 0.25) is 0 Å². The number of ether oxygens (including phenoxy) is 1.